The molecule has 2 aromatic rings. The lowest BCUT2D eigenvalue weighted by molar-refractivity contribution is -0.137. The van der Waals surface area contributed by atoms with Gasteiger partial charge in [0.05, 0.1) is 31.9 Å². The van der Waals surface area contributed by atoms with Crippen molar-refractivity contribution in [3.8, 4) is 0 Å². The molecule has 2 aromatic carbocycles. The summed E-state index contributed by atoms with van der Waals surface area (Å²) in [6, 6.07) is 12.8. The molecule has 1 unspecified atom stereocenters. The van der Waals surface area contributed by atoms with Crippen LogP contribution in [0.2, 0.25) is 0 Å². The standard InChI is InChI=1S/C22H26F3N3O2.HI/c1-2-26-21(27-13-17-6-3-4-7-18(17)15-29)28-10-11-30-20(14-28)16-8-5-9-19(12-16)22(23,24)25;/h3-9,12,20,29H,2,10-11,13-15H2,1H3,(H,26,27);1H. The molecule has 1 atom stereocenters. The van der Waals surface area contributed by atoms with Gasteiger partial charge in [0, 0.05) is 13.1 Å². The van der Waals surface area contributed by atoms with Gasteiger partial charge in [-0.25, -0.2) is 4.99 Å². The van der Waals surface area contributed by atoms with Crippen LogP contribution in [0.1, 0.15) is 35.3 Å². The van der Waals surface area contributed by atoms with Crippen LogP contribution in [0.5, 0.6) is 0 Å². The molecular weight excluding hydrogens is 522 g/mol. The number of rotatable bonds is 5. The summed E-state index contributed by atoms with van der Waals surface area (Å²) in [4.78, 5) is 6.69. The Balaban J connectivity index is 0.00000341. The predicted molar refractivity (Wildman–Crippen MR) is 124 cm³/mol. The van der Waals surface area contributed by atoms with E-state index < -0.39 is 17.8 Å². The highest BCUT2D eigenvalue weighted by atomic mass is 127. The fourth-order valence-corrected chi connectivity index (χ4v) is 3.41. The van der Waals surface area contributed by atoms with Gasteiger partial charge in [0.1, 0.15) is 6.10 Å². The minimum Gasteiger partial charge on any atom is -0.392 e. The normalized spacial score (nSPS) is 17.3. The van der Waals surface area contributed by atoms with Crippen molar-refractivity contribution in [2.75, 3.05) is 26.2 Å². The van der Waals surface area contributed by atoms with Crippen LogP contribution in [-0.4, -0.2) is 42.2 Å². The van der Waals surface area contributed by atoms with E-state index in [1.165, 1.54) is 6.07 Å². The quantitative estimate of drug-likeness (QED) is 0.331. The summed E-state index contributed by atoms with van der Waals surface area (Å²) in [6.45, 7) is 4.33. The molecule has 1 aliphatic rings. The van der Waals surface area contributed by atoms with Crippen LogP contribution < -0.4 is 5.32 Å². The Hall–Kier alpha value is -1.85. The first-order valence-electron chi connectivity index (χ1n) is 9.92. The number of hydrogen-bond donors (Lipinski definition) is 2. The molecule has 0 radical (unpaired) electrons. The Morgan fingerprint density at radius 1 is 1.19 bits per heavy atom. The van der Waals surface area contributed by atoms with Crippen molar-refractivity contribution in [2.45, 2.75) is 32.4 Å². The van der Waals surface area contributed by atoms with E-state index in [4.69, 9.17) is 4.74 Å². The number of nitrogens with zero attached hydrogens (tertiary/aromatic N) is 2. The van der Waals surface area contributed by atoms with Gasteiger partial charge in [-0.3, -0.25) is 0 Å². The van der Waals surface area contributed by atoms with Crippen LogP contribution in [0, 0.1) is 0 Å². The maximum Gasteiger partial charge on any atom is 0.416 e. The second kappa shape index (κ2) is 11.7. The summed E-state index contributed by atoms with van der Waals surface area (Å²) >= 11 is 0. The van der Waals surface area contributed by atoms with Crippen LogP contribution in [-0.2, 0) is 24.1 Å². The van der Waals surface area contributed by atoms with Gasteiger partial charge in [-0.2, -0.15) is 13.2 Å². The topological polar surface area (TPSA) is 57.1 Å². The van der Waals surface area contributed by atoms with Crippen molar-refractivity contribution >= 4 is 29.9 Å². The number of guanidine groups is 1. The van der Waals surface area contributed by atoms with Crippen LogP contribution >= 0.6 is 24.0 Å². The molecule has 1 fully saturated rings. The Labute approximate surface area is 197 Å². The minimum absolute atomic E-state index is 0. The lowest BCUT2D eigenvalue weighted by atomic mass is 10.0. The summed E-state index contributed by atoms with van der Waals surface area (Å²) in [5.74, 6) is 0.672. The Kier molecular flexibility index (Phi) is 9.57. The molecule has 0 bridgehead atoms. The molecule has 0 spiro atoms. The second-order valence-corrected chi connectivity index (χ2v) is 7.03. The largest absolute Gasteiger partial charge is 0.416 e. The lowest BCUT2D eigenvalue weighted by Gasteiger charge is -2.35. The lowest BCUT2D eigenvalue weighted by Crippen LogP contribution is -2.48. The van der Waals surface area contributed by atoms with Crippen molar-refractivity contribution < 1.29 is 23.0 Å². The fraction of sp³-hybridized carbons (Fsp3) is 0.409. The first-order valence-corrected chi connectivity index (χ1v) is 9.92. The van der Waals surface area contributed by atoms with Gasteiger partial charge in [0.2, 0.25) is 0 Å². The minimum atomic E-state index is -4.39. The zero-order valence-electron chi connectivity index (χ0n) is 17.2. The van der Waals surface area contributed by atoms with Crippen molar-refractivity contribution in [3.05, 3.63) is 70.8 Å². The van der Waals surface area contributed by atoms with Gasteiger partial charge >= 0.3 is 6.18 Å². The first kappa shape index (κ1) is 25.4. The fourth-order valence-electron chi connectivity index (χ4n) is 3.41. The van der Waals surface area contributed by atoms with Gasteiger partial charge in [-0.1, -0.05) is 36.4 Å². The van der Waals surface area contributed by atoms with Crippen LogP contribution in [0.15, 0.2) is 53.5 Å². The molecule has 1 saturated heterocycles. The molecular formula is C22H27F3IN3O2. The molecule has 0 saturated carbocycles. The van der Waals surface area contributed by atoms with Crippen LogP contribution in [0.3, 0.4) is 0 Å². The van der Waals surface area contributed by atoms with Gasteiger partial charge in [-0.05, 0) is 35.7 Å². The van der Waals surface area contributed by atoms with Crippen molar-refractivity contribution in [1.82, 2.24) is 10.2 Å². The molecule has 9 heteroatoms. The Morgan fingerprint density at radius 2 is 1.94 bits per heavy atom. The van der Waals surface area contributed by atoms with E-state index in [0.717, 1.165) is 23.3 Å². The van der Waals surface area contributed by atoms with Crippen LogP contribution in [0.25, 0.3) is 0 Å². The van der Waals surface area contributed by atoms with Gasteiger partial charge in [-0.15, -0.1) is 24.0 Å². The monoisotopic (exact) mass is 549 g/mol. The van der Waals surface area contributed by atoms with Crippen molar-refractivity contribution in [1.29, 1.82) is 0 Å². The van der Waals surface area contributed by atoms with Gasteiger partial charge < -0.3 is 20.1 Å². The zero-order chi connectivity index (χ0) is 21.6. The number of nitrogens with one attached hydrogen (secondary N) is 1. The molecule has 0 aliphatic carbocycles. The summed E-state index contributed by atoms with van der Waals surface area (Å²) in [5.41, 5.74) is 1.57. The Bertz CT molecular complexity index is 877. The number of alkyl halides is 3. The number of hydrogen-bond acceptors (Lipinski definition) is 3. The van der Waals surface area contributed by atoms with E-state index >= 15 is 0 Å². The Morgan fingerprint density at radius 3 is 2.61 bits per heavy atom. The first-order chi connectivity index (χ1) is 14.4. The van der Waals surface area contributed by atoms with Crippen LogP contribution in [0.4, 0.5) is 13.2 Å². The average molecular weight is 549 g/mol. The molecule has 31 heavy (non-hydrogen) atoms. The average Bonchev–Trinajstić information content (AvgIpc) is 2.76. The van der Waals surface area contributed by atoms with E-state index in [-0.39, 0.29) is 30.6 Å². The van der Waals surface area contributed by atoms with Crippen molar-refractivity contribution in [3.63, 3.8) is 0 Å². The third-order valence-electron chi connectivity index (χ3n) is 4.97. The van der Waals surface area contributed by atoms with E-state index in [1.54, 1.807) is 6.07 Å². The second-order valence-electron chi connectivity index (χ2n) is 7.03. The SMILES string of the molecule is CCNC(=NCc1ccccc1CO)N1CCOC(c2cccc(C(F)(F)F)c2)C1.I. The van der Waals surface area contributed by atoms with Crippen molar-refractivity contribution in [2.24, 2.45) is 4.99 Å². The summed E-state index contributed by atoms with van der Waals surface area (Å²) in [7, 11) is 0. The molecule has 3 rings (SSSR count). The third kappa shape index (κ3) is 6.81. The smallest absolute Gasteiger partial charge is 0.392 e. The van der Waals surface area contributed by atoms with E-state index in [2.05, 4.69) is 10.3 Å². The molecule has 170 valence electrons. The van der Waals surface area contributed by atoms with Gasteiger partial charge in [0.15, 0.2) is 5.96 Å². The van der Waals surface area contributed by atoms with E-state index in [1.807, 2.05) is 36.1 Å². The number of aliphatic hydroxyl groups is 1. The van der Waals surface area contributed by atoms with E-state index in [0.29, 0.717) is 44.3 Å². The van der Waals surface area contributed by atoms with Gasteiger partial charge in [0.25, 0.3) is 0 Å². The summed E-state index contributed by atoms with van der Waals surface area (Å²) in [5, 5.41) is 12.8. The number of morpholine rings is 1. The maximum absolute atomic E-state index is 13.1. The summed E-state index contributed by atoms with van der Waals surface area (Å²) in [6.07, 6.45) is -4.87. The maximum atomic E-state index is 13.1. The highest BCUT2D eigenvalue weighted by molar-refractivity contribution is 14.0. The number of aliphatic hydroxyl groups excluding tert-OH is 1. The number of aliphatic imine (C=N–C) groups is 1. The third-order valence-corrected chi connectivity index (χ3v) is 4.97. The number of benzene rings is 2. The molecule has 5 nitrogen and oxygen atoms in total. The highest BCUT2D eigenvalue weighted by Crippen LogP contribution is 2.32. The molecule has 0 aromatic heterocycles. The highest BCUT2D eigenvalue weighted by Gasteiger charge is 2.32. The van der Waals surface area contributed by atoms with E-state index in [9.17, 15) is 18.3 Å². The zero-order valence-corrected chi connectivity index (χ0v) is 19.6. The predicted octanol–water partition coefficient (Wildman–Crippen LogP) is 4.35. The molecule has 1 aliphatic heterocycles. The summed E-state index contributed by atoms with van der Waals surface area (Å²) < 4.78 is 45.0. The number of ether oxygens (including phenoxy) is 1. The molecule has 2 N–H and O–H groups in total. The number of halogens is 4. The molecule has 0 amide bonds. The molecule has 1 heterocycles.